The molecule has 0 radical (unpaired) electrons. The summed E-state index contributed by atoms with van der Waals surface area (Å²) in [6, 6.07) is 7.71. The van der Waals surface area contributed by atoms with E-state index < -0.39 is 5.60 Å². The van der Waals surface area contributed by atoms with Crippen LogP contribution in [0.25, 0.3) is 10.9 Å². The Kier molecular flexibility index (Phi) is 5.29. The van der Waals surface area contributed by atoms with E-state index in [9.17, 15) is 5.11 Å². The molecule has 0 aliphatic carbocycles. The molecule has 30 heavy (non-hydrogen) atoms. The number of hydrogen-bond acceptors (Lipinski definition) is 3. The van der Waals surface area contributed by atoms with E-state index >= 15 is 0 Å². The summed E-state index contributed by atoms with van der Waals surface area (Å²) in [6.45, 7) is 9.66. The van der Waals surface area contributed by atoms with Crippen molar-refractivity contribution >= 4 is 10.9 Å². The lowest BCUT2D eigenvalue weighted by molar-refractivity contribution is -0.0149. The van der Waals surface area contributed by atoms with Gasteiger partial charge in [-0.25, -0.2) is 0 Å². The number of benzene rings is 1. The fourth-order valence-electron chi connectivity index (χ4n) is 6.02. The van der Waals surface area contributed by atoms with Crippen molar-refractivity contribution < 1.29 is 5.11 Å². The van der Waals surface area contributed by atoms with Gasteiger partial charge in [-0.3, -0.25) is 4.90 Å². The van der Waals surface area contributed by atoms with Crippen molar-refractivity contribution in [1.82, 2.24) is 14.4 Å². The van der Waals surface area contributed by atoms with Gasteiger partial charge in [0.25, 0.3) is 0 Å². The van der Waals surface area contributed by atoms with E-state index in [4.69, 9.17) is 0 Å². The average molecular weight is 408 g/mol. The second kappa shape index (κ2) is 7.81. The van der Waals surface area contributed by atoms with Crippen molar-refractivity contribution in [2.45, 2.75) is 77.1 Å². The minimum absolute atomic E-state index is 0.523. The van der Waals surface area contributed by atoms with E-state index in [1.54, 1.807) is 5.56 Å². The minimum Gasteiger partial charge on any atom is -0.389 e. The smallest absolute Gasteiger partial charge is 0.0709 e. The molecule has 4 nitrogen and oxygen atoms in total. The predicted octanol–water partition coefficient (Wildman–Crippen LogP) is 4.26. The number of aryl methyl sites for hydroxylation is 1. The van der Waals surface area contributed by atoms with Gasteiger partial charge in [0.15, 0.2) is 0 Å². The van der Waals surface area contributed by atoms with Crippen molar-refractivity contribution in [3.8, 4) is 0 Å². The van der Waals surface area contributed by atoms with E-state index in [1.807, 2.05) is 0 Å². The first-order valence-electron chi connectivity index (χ1n) is 11.8. The summed E-state index contributed by atoms with van der Waals surface area (Å²) in [5.74, 6) is 0. The zero-order valence-electron chi connectivity index (χ0n) is 19.0. The second-order valence-corrected chi connectivity index (χ2v) is 10.3. The molecular weight excluding hydrogens is 370 g/mol. The average Bonchev–Trinajstić information content (AvgIpc) is 3.29. The first-order chi connectivity index (χ1) is 14.4. The highest BCUT2D eigenvalue weighted by Crippen LogP contribution is 2.37. The van der Waals surface area contributed by atoms with Gasteiger partial charge in [-0.1, -0.05) is 23.3 Å². The van der Waals surface area contributed by atoms with E-state index in [0.29, 0.717) is 0 Å². The summed E-state index contributed by atoms with van der Waals surface area (Å²) < 4.78 is 2.56. The SMILES string of the molecule is C/C(=C/Cn1c2c(c3cc(C)ccc31)CC1CCCN1C2)CC1(O)CCN(C)CC1. The Labute approximate surface area is 181 Å². The number of rotatable bonds is 4. The molecule has 1 N–H and O–H groups in total. The van der Waals surface area contributed by atoms with Gasteiger partial charge in [0.1, 0.15) is 0 Å². The van der Waals surface area contributed by atoms with Crippen LogP contribution in [0.3, 0.4) is 0 Å². The molecule has 1 atom stereocenters. The van der Waals surface area contributed by atoms with Crippen LogP contribution in [0.5, 0.6) is 0 Å². The third-order valence-corrected chi connectivity index (χ3v) is 7.88. The molecular formula is C26H37N3O. The number of nitrogens with zero attached hydrogens (tertiary/aromatic N) is 3. The van der Waals surface area contributed by atoms with Crippen LogP contribution in [0.2, 0.25) is 0 Å². The number of piperidine rings is 1. The van der Waals surface area contributed by atoms with Gasteiger partial charge in [-0.05, 0) is 83.7 Å². The van der Waals surface area contributed by atoms with Gasteiger partial charge in [-0.2, -0.15) is 0 Å². The molecule has 3 aliphatic rings. The van der Waals surface area contributed by atoms with Crippen LogP contribution in [-0.2, 0) is 19.5 Å². The molecule has 0 spiro atoms. The highest BCUT2D eigenvalue weighted by atomic mass is 16.3. The monoisotopic (exact) mass is 407 g/mol. The van der Waals surface area contributed by atoms with Gasteiger partial charge < -0.3 is 14.6 Å². The Balaban J connectivity index is 1.42. The molecule has 0 saturated carbocycles. The summed E-state index contributed by atoms with van der Waals surface area (Å²) in [7, 11) is 2.15. The van der Waals surface area contributed by atoms with Crippen LogP contribution in [0.4, 0.5) is 0 Å². The molecule has 2 fully saturated rings. The van der Waals surface area contributed by atoms with Crippen molar-refractivity contribution in [2.75, 3.05) is 26.7 Å². The summed E-state index contributed by atoms with van der Waals surface area (Å²) >= 11 is 0. The summed E-state index contributed by atoms with van der Waals surface area (Å²) in [6.07, 6.45) is 8.83. The molecule has 2 saturated heterocycles. The third-order valence-electron chi connectivity index (χ3n) is 7.88. The molecule has 3 aliphatic heterocycles. The predicted molar refractivity (Wildman–Crippen MR) is 124 cm³/mol. The lowest BCUT2D eigenvalue weighted by Gasteiger charge is -2.37. The van der Waals surface area contributed by atoms with Crippen LogP contribution in [0, 0.1) is 6.92 Å². The van der Waals surface area contributed by atoms with Crippen molar-refractivity contribution in [3.63, 3.8) is 0 Å². The molecule has 1 unspecified atom stereocenters. The normalized spacial score (nSPS) is 24.9. The Morgan fingerprint density at radius 1 is 1.23 bits per heavy atom. The van der Waals surface area contributed by atoms with Crippen LogP contribution in [0.1, 0.15) is 55.8 Å². The fraction of sp³-hybridized carbons (Fsp3) is 0.615. The zero-order chi connectivity index (χ0) is 20.9. The number of hydrogen-bond donors (Lipinski definition) is 1. The topological polar surface area (TPSA) is 31.6 Å². The molecule has 0 bridgehead atoms. The van der Waals surface area contributed by atoms with E-state index in [0.717, 1.165) is 51.5 Å². The summed E-state index contributed by atoms with van der Waals surface area (Å²) in [5, 5.41) is 12.5. The fourth-order valence-corrected chi connectivity index (χ4v) is 6.02. The molecule has 5 rings (SSSR count). The lowest BCUT2D eigenvalue weighted by Crippen LogP contribution is -2.42. The van der Waals surface area contributed by atoms with Crippen molar-refractivity contribution in [1.29, 1.82) is 0 Å². The molecule has 4 heteroatoms. The summed E-state index contributed by atoms with van der Waals surface area (Å²) in [4.78, 5) is 5.02. The van der Waals surface area contributed by atoms with Gasteiger partial charge in [0.2, 0.25) is 0 Å². The number of aliphatic hydroxyl groups is 1. The molecule has 4 heterocycles. The maximum Gasteiger partial charge on any atom is 0.0709 e. The number of allylic oxidation sites excluding steroid dienone is 1. The van der Waals surface area contributed by atoms with E-state index in [-0.39, 0.29) is 0 Å². The highest BCUT2D eigenvalue weighted by Gasteiger charge is 2.34. The molecule has 162 valence electrons. The Hall–Kier alpha value is -1.62. The first-order valence-corrected chi connectivity index (χ1v) is 11.8. The summed E-state index contributed by atoms with van der Waals surface area (Å²) in [5.41, 5.74) is 6.65. The Morgan fingerprint density at radius 3 is 2.83 bits per heavy atom. The van der Waals surface area contributed by atoms with Gasteiger partial charge in [0.05, 0.1) is 5.60 Å². The molecule has 2 aromatic rings. The highest BCUT2D eigenvalue weighted by molar-refractivity contribution is 5.86. The van der Waals surface area contributed by atoms with Gasteiger partial charge in [0, 0.05) is 48.8 Å². The van der Waals surface area contributed by atoms with Gasteiger partial charge in [-0.15, -0.1) is 0 Å². The Morgan fingerprint density at radius 2 is 2.03 bits per heavy atom. The third kappa shape index (κ3) is 3.74. The van der Waals surface area contributed by atoms with Gasteiger partial charge >= 0.3 is 0 Å². The lowest BCUT2D eigenvalue weighted by atomic mass is 9.85. The van der Waals surface area contributed by atoms with Crippen LogP contribution in [0.15, 0.2) is 29.8 Å². The number of aromatic nitrogens is 1. The number of likely N-dealkylation sites (tertiary alicyclic amines) is 1. The molecule has 1 aromatic heterocycles. The van der Waals surface area contributed by atoms with Crippen LogP contribution >= 0.6 is 0 Å². The largest absolute Gasteiger partial charge is 0.389 e. The zero-order valence-corrected chi connectivity index (χ0v) is 19.0. The van der Waals surface area contributed by atoms with Crippen LogP contribution < -0.4 is 0 Å². The molecule has 1 aromatic carbocycles. The first kappa shape index (κ1) is 20.3. The second-order valence-electron chi connectivity index (χ2n) is 10.3. The maximum atomic E-state index is 11.0. The molecule has 0 amide bonds. The number of fused-ring (bicyclic) bond motifs is 4. The van der Waals surface area contributed by atoms with E-state index in [1.165, 1.54) is 53.5 Å². The van der Waals surface area contributed by atoms with Crippen molar-refractivity contribution in [3.05, 3.63) is 46.7 Å². The van der Waals surface area contributed by atoms with Crippen LogP contribution in [-0.4, -0.2) is 57.8 Å². The van der Waals surface area contributed by atoms with Crippen molar-refractivity contribution in [2.24, 2.45) is 0 Å². The minimum atomic E-state index is -0.523. The maximum absolute atomic E-state index is 11.0. The standard InChI is InChI=1S/C26H37N3O/c1-19-6-7-24-22(15-19)23-16-21-5-4-11-28(21)18-25(23)29(24)12-8-20(2)17-26(30)9-13-27(3)14-10-26/h6-8,15,21,30H,4-5,9-14,16-18H2,1-3H3/b20-8-. The Bertz CT molecular complexity index is 964. The van der Waals surface area contributed by atoms with E-state index in [2.05, 4.69) is 59.5 Å². The quantitative estimate of drug-likeness (QED) is 0.769.